The maximum Gasteiger partial charge on any atom is 0.257 e. The van der Waals surface area contributed by atoms with Crippen molar-refractivity contribution in [2.75, 3.05) is 26.3 Å². The molecule has 0 spiro atoms. The van der Waals surface area contributed by atoms with Crippen molar-refractivity contribution >= 4 is 23.2 Å². The summed E-state index contributed by atoms with van der Waals surface area (Å²) in [4.78, 5) is 13.5. The number of nitrogens with zero attached hydrogens (tertiary/aromatic N) is 1. The Morgan fingerprint density at radius 1 is 1.32 bits per heavy atom. The zero-order valence-electron chi connectivity index (χ0n) is 10.8. The number of hydrogen-bond donors (Lipinski definition) is 3. The van der Waals surface area contributed by atoms with Gasteiger partial charge in [-0.1, -0.05) is 17.7 Å². The lowest BCUT2D eigenvalue weighted by Gasteiger charge is -2.23. The van der Waals surface area contributed by atoms with Crippen LogP contribution in [0.25, 0.3) is 0 Å². The van der Waals surface area contributed by atoms with Crippen molar-refractivity contribution in [1.82, 2.24) is 10.2 Å². The van der Waals surface area contributed by atoms with Crippen molar-refractivity contribution in [3.8, 4) is 0 Å². The Labute approximate surface area is 117 Å². The summed E-state index contributed by atoms with van der Waals surface area (Å²) in [6, 6.07) is 7.17. The van der Waals surface area contributed by atoms with Crippen molar-refractivity contribution in [1.29, 1.82) is 0 Å². The first kappa shape index (κ1) is 15.6. The minimum atomic E-state index is -0.297. The number of carbonyl (C=O) groups is 1. The quantitative estimate of drug-likeness (QED) is 0.677. The Bertz CT molecular complexity index is 445. The van der Waals surface area contributed by atoms with E-state index in [0.717, 1.165) is 5.56 Å². The van der Waals surface area contributed by atoms with Gasteiger partial charge in [-0.3, -0.25) is 10.1 Å². The summed E-state index contributed by atoms with van der Waals surface area (Å²) >= 11 is 5.09. The standard InChI is InChI=1S/C13H18N2O3S/c1-10-3-2-4-11(9-10)12(18)14-13(19)15(5-7-16)6-8-17/h2-4,9,16-17H,5-8H2,1H3,(H,14,18,19). The molecule has 0 aliphatic heterocycles. The fourth-order valence-corrected chi connectivity index (χ4v) is 1.87. The highest BCUT2D eigenvalue weighted by atomic mass is 32.1. The average molecular weight is 282 g/mol. The van der Waals surface area contributed by atoms with Crippen molar-refractivity contribution in [3.05, 3.63) is 35.4 Å². The van der Waals surface area contributed by atoms with Crippen molar-refractivity contribution in [3.63, 3.8) is 0 Å². The molecule has 1 aromatic carbocycles. The van der Waals surface area contributed by atoms with Crippen LogP contribution >= 0.6 is 12.2 Å². The minimum Gasteiger partial charge on any atom is -0.395 e. The molecule has 5 nitrogen and oxygen atoms in total. The van der Waals surface area contributed by atoms with Gasteiger partial charge in [-0.05, 0) is 31.3 Å². The van der Waals surface area contributed by atoms with E-state index in [2.05, 4.69) is 5.32 Å². The first-order chi connectivity index (χ1) is 9.08. The van der Waals surface area contributed by atoms with Gasteiger partial charge in [0.2, 0.25) is 0 Å². The normalized spacial score (nSPS) is 10.1. The van der Waals surface area contributed by atoms with Crippen LogP contribution in [0.4, 0.5) is 0 Å². The van der Waals surface area contributed by atoms with Crippen molar-refractivity contribution in [2.24, 2.45) is 0 Å². The van der Waals surface area contributed by atoms with Gasteiger partial charge in [0.05, 0.1) is 13.2 Å². The van der Waals surface area contributed by atoms with Crippen LogP contribution in [-0.2, 0) is 0 Å². The van der Waals surface area contributed by atoms with Gasteiger partial charge in [0.15, 0.2) is 5.11 Å². The van der Waals surface area contributed by atoms with Gasteiger partial charge >= 0.3 is 0 Å². The van der Waals surface area contributed by atoms with E-state index in [1.165, 1.54) is 0 Å². The third-order valence-electron chi connectivity index (χ3n) is 2.53. The zero-order valence-corrected chi connectivity index (χ0v) is 11.6. The van der Waals surface area contributed by atoms with Crippen LogP contribution in [0.2, 0.25) is 0 Å². The van der Waals surface area contributed by atoms with E-state index < -0.39 is 0 Å². The van der Waals surface area contributed by atoms with Gasteiger partial charge in [-0.25, -0.2) is 0 Å². The summed E-state index contributed by atoms with van der Waals surface area (Å²) in [6.45, 7) is 2.25. The third kappa shape index (κ3) is 4.94. The molecule has 0 radical (unpaired) electrons. The van der Waals surface area contributed by atoms with Crippen LogP contribution in [0.1, 0.15) is 15.9 Å². The highest BCUT2D eigenvalue weighted by Gasteiger charge is 2.13. The Kier molecular flexibility index (Phi) is 6.41. The first-order valence-electron chi connectivity index (χ1n) is 5.97. The summed E-state index contributed by atoms with van der Waals surface area (Å²) in [7, 11) is 0. The van der Waals surface area contributed by atoms with Crippen LogP contribution in [0.5, 0.6) is 0 Å². The van der Waals surface area contributed by atoms with Crippen molar-refractivity contribution in [2.45, 2.75) is 6.92 Å². The Morgan fingerprint density at radius 2 is 1.95 bits per heavy atom. The lowest BCUT2D eigenvalue weighted by atomic mass is 10.1. The zero-order chi connectivity index (χ0) is 14.3. The SMILES string of the molecule is Cc1cccc(C(=O)NC(=S)N(CCO)CCO)c1. The number of amides is 1. The highest BCUT2D eigenvalue weighted by molar-refractivity contribution is 7.80. The molecule has 0 heterocycles. The number of hydrogen-bond acceptors (Lipinski definition) is 4. The van der Waals surface area contributed by atoms with E-state index in [1.807, 2.05) is 13.0 Å². The number of benzene rings is 1. The molecule has 1 amide bonds. The number of aryl methyl sites for hydroxylation is 1. The van der Waals surface area contributed by atoms with E-state index in [-0.39, 0.29) is 37.3 Å². The Hall–Kier alpha value is -1.50. The van der Waals surface area contributed by atoms with Crippen LogP contribution in [0, 0.1) is 6.92 Å². The second-order valence-corrected chi connectivity index (χ2v) is 4.45. The predicted octanol–water partition coefficient (Wildman–Crippen LogP) is 0.296. The number of rotatable bonds is 5. The molecule has 3 N–H and O–H groups in total. The molecule has 0 saturated carbocycles. The Balaban J connectivity index is 2.67. The van der Waals surface area contributed by atoms with Crippen LogP contribution < -0.4 is 5.32 Å². The van der Waals surface area contributed by atoms with Gasteiger partial charge in [0, 0.05) is 18.7 Å². The van der Waals surface area contributed by atoms with Crippen LogP contribution in [0.15, 0.2) is 24.3 Å². The van der Waals surface area contributed by atoms with Crippen LogP contribution in [-0.4, -0.2) is 52.4 Å². The molecule has 1 rings (SSSR count). The summed E-state index contributed by atoms with van der Waals surface area (Å²) < 4.78 is 0. The average Bonchev–Trinajstić information content (AvgIpc) is 2.38. The monoisotopic (exact) mass is 282 g/mol. The summed E-state index contributed by atoms with van der Waals surface area (Å²) in [5.74, 6) is -0.297. The number of thiocarbonyl (C=S) groups is 1. The molecular weight excluding hydrogens is 264 g/mol. The molecule has 0 saturated heterocycles. The second-order valence-electron chi connectivity index (χ2n) is 4.06. The summed E-state index contributed by atoms with van der Waals surface area (Å²) in [5, 5.41) is 20.6. The Morgan fingerprint density at radius 3 is 2.47 bits per heavy atom. The highest BCUT2D eigenvalue weighted by Crippen LogP contribution is 2.04. The molecule has 0 fully saturated rings. The minimum absolute atomic E-state index is 0.0968. The largest absolute Gasteiger partial charge is 0.395 e. The van der Waals surface area contributed by atoms with Gasteiger partial charge in [0.1, 0.15) is 0 Å². The lowest BCUT2D eigenvalue weighted by molar-refractivity contribution is 0.0970. The molecule has 104 valence electrons. The van der Waals surface area contributed by atoms with E-state index in [1.54, 1.807) is 23.1 Å². The topological polar surface area (TPSA) is 72.8 Å². The molecule has 0 atom stereocenters. The predicted molar refractivity (Wildman–Crippen MR) is 77.0 cm³/mol. The summed E-state index contributed by atoms with van der Waals surface area (Å²) in [6.07, 6.45) is 0. The maximum absolute atomic E-state index is 12.0. The molecule has 0 bridgehead atoms. The molecule has 19 heavy (non-hydrogen) atoms. The number of nitrogens with one attached hydrogen (secondary N) is 1. The summed E-state index contributed by atoms with van der Waals surface area (Å²) in [5.41, 5.74) is 1.51. The fraction of sp³-hybridized carbons (Fsp3) is 0.385. The molecule has 0 aliphatic rings. The van der Waals surface area contributed by atoms with Gasteiger partial charge in [-0.2, -0.15) is 0 Å². The maximum atomic E-state index is 12.0. The second kappa shape index (κ2) is 7.83. The van der Waals surface area contributed by atoms with E-state index in [0.29, 0.717) is 5.56 Å². The van der Waals surface area contributed by atoms with E-state index in [4.69, 9.17) is 22.4 Å². The molecular formula is C13H18N2O3S. The third-order valence-corrected chi connectivity index (χ3v) is 2.89. The van der Waals surface area contributed by atoms with Crippen LogP contribution in [0.3, 0.4) is 0 Å². The smallest absolute Gasteiger partial charge is 0.257 e. The molecule has 0 aliphatic carbocycles. The first-order valence-corrected chi connectivity index (χ1v) is 6.38. The molecule has 1 aromatic rings. The van der Waals surface area contributed by atoms with E-state index in [9.17, 15) is 4.79 Å². The fourth-order valence-electron chi connectivity index (χ4n) is 1.59. The van der Waals surface area contributed by atoms with Gasteiger partial charge in [-0.15, -0.1) is 0 Å². The lowest BCUT2D eigenvalue weighted by Crippen LogP contribution is -2.45. The van der Waals surface area contributed by atoms with E-state index >= 15 is 0 Å². The number of aliphatic hydroxyl groups is 2. The van der Waals surface area contributed by atoms with Gasteiger partial charge in [0.25, 0.3) is 5.91 Å². The number of carbonyl (C=O) groups excluding carboxylic acids is 1. The molecule has 0 unspecified atom stereocenters. The number of aliphatic hydroxyl groups excluding tert-OH is 2. The molecule has 6 heteroatoms. The van der Waals surface area contributed by atoms with Crippen molar-refractivity contribution < 1.29 is 15.0 Å². The molecule has 0 aromatic heterocycles. The van der Waals surface area contributed by atoms with Gasteiger partial charge < -0.3 is 15.1 Å².